The number of hydrogen-bond donors (Lipinski definition) is 1. The molecule has 1 N–H and O–H groups in total. The van der Waals surface area contributed by atoms with E-state index in [1.807, 2.05) is 12.3 Å². The molecule has 0 fully saturated rings. The van der Waals surface area contributed by atoms with Crippen molar-refractivity contribution < 1.29 is 0 Å². The maximum Gasteiger partial charge on any atom is 0.125 e. The highest BCUT2D eigenvalue weighted by molar-refractivity contribution is 9.10. The average molecular weight is 312 g/mol. The van der Waals surface area contributed by atoms with E-state index in [0.717, 1.165) is 27.3 Å². The van der Waals surface area contributed by atoms with E-state index in [1.165, 1.54) is 0 Å². The molecule has 0 saturated heterocycles. The molecule has 0 aliphatic heterocycles. The van der Waals surface area contributed by atoms with Gasteiger partial charge in [0.25, 0.3) is 0 Å². The Kier molecular flexibility index (Phi) is 4.25. The number of halogens is 1. The molecule has 17 heavy (non-hydrogen) atoms. The van der Waals surface area contributed by atoms with E-state index >= 15 is 0 Å². The molecule has 0 aliphatic carbocycles. The predicted octanol–water partition coefficient (Wildman–Crippen LogP) is 3.64. The van der Waals surface area contributed by atoms with Crippen LogP contribution < -0.4 is 5.32 Å². The number of nitrogens with zero attached hydrogens (tertiary/aromatic N) is 2. The second-order valence-corrected chi connectivity index (χ2v) is 5.52. The molecule has 0 aromatic carbocycles. The minimum absolute atomic E-state index is 0.296. The summed E-state index contributed by atoms with van der Waals surface area (Å²) in [6.07, 6.45) is 3.62. The minimum Gasteiger partial charge on any atom is -0.309 e. The van der Waals surface area contributed by atoms with Crippen molar-refractivity contribution >= 4 is 27.3 Å². The maximum absolute atomic E-state index is 4.64. The van der Waals surface area contributed by atoms with Crippen molar-refractivity contribution in [3.8, 4) is 10.6 Å². The molecule has 2 aromatic rings. The van der Waals surface area contributed by atoms with E-state index in [4.69, 9.17) is 0 Å². The molecule has 0 aliphatic rings. The molecule has 0 amide bonds. The van der Waals surface area contributed by atoms with Crippen LogP contribution in [0.15, 0.2) is 28.3 Å². The van der Waals surface area contributed by atoms with Crippen molar-refractivity contribution in [1.29, 1.82) is 0 Å². The Morgan fingerprint density at radius 1 is 1.47 bits per heavy atom. The molecule has 1 atom stereocenters. The van der Waals surface area contributed by atoms with Crippen LogP contribution in [0.4, 0.5) is 0 Å². The first kappa shape index (κ1) is 12.7. The highest BCUT2D eigenvalue weighted by Crippen LogP contribution is 2.27. The summed E-state index contributed by atoms with van der Waals surface area (Å²) < 4.78 is 0.978. The van der Waals surface area contributed by atoms with Crippen molar-refractivity contribution in [1.82, 2.24) is 15.3 Å². The molecule has 0 saturated carbocycles. The Labute approximate surface area is 113 Å². The first-order valence-electron chi connectivity index (χ1n) is 5.50. The summed E-state index contributed by atoms with van der Waals surface area (Å²) in [4.78, 5) is 8.79. The molecular weight excluding hydrogens is 298 g/mol. The van der Waals surface area contributed by atoms with Gasteiger partial charge in [0.05, 0.1) is 5.69 Å². The second-order valence-electron chi connectivity index (χ2n) is 3.75. The summed E-state index contributed by atoms with van der Waals surface area (Å²) in [6, 6.07) is 2.33. The van der Waals surface area contributed by atoms with Crippen molar-refractivity contribution in [3.05, 3.63) is 34.0 Å². The van der Waals surface area contributed by atoms with Crippen LogP contribution in [0.3, 0.4) is 0 Å². The number of thiazole rings is 1. The van der Waals surface area contributed by atoms with Gasteiger partial charge < -0.3 is 5.32 Å². The molecule has 0 bridgehead atoms. The van der Waals surface area contributed by atoms with Crippen molar-refractivity contribution in [2.45, 2.75) is 19.9 Å². The zero-order valence-electron chi connectivity index (χ0n) is 9.77. The molecule has 3 nitrogen and oxygen atoms in total. The summed E-state index contributed by atoms with van der Waals surface area (Å²) in [7, 11) is 0. The largest absolute Gasteiger partial charge is 0.309 e. The van der Waals surface area contributed by atoms with Gasteiger partial charge in [-0.2, -0.15) is 0 Å². The fourth-order valence-electron chi connectivity index (χ4n) is 1.56. The van der Waals surface area contributed by atoms with Gasteiger partial charge in [-0.1, -0.05) is 6.92 Å². The quantitative estimate of drug-likeness (QED) is 0.936. The van der Waals surface area contributed by atoms with Gasteiger partial charge in [0.15, 0.2) is 0 Å². The van der Waals surface area contributed by atoms with Gasteiger partial charge in [0.2, 0.25) is 0 Å². The van der Waals surface area contributed by atoms with E-state index in [9.17, 15) is 0 Å². The van der Waals surface area contributed by atoms with Gasteiger partial charge in [0.1, 0.15) is 5.01 Å². The van der Waals surface area contributed by atoms with E-state index in [2.05, 4.69) is 50.4 Å². The van der Waals surface area contributed by atoms with Crippen molar-refractivity contribution in [2.24, 2.45) is 0 Å². The Balaban J connectivity index is 2.23. The van der Waals surface area contributed by atoms with Crippen LogP contribution in [0.5, 0.6) is 0 Å². The zero-order valence-corrected chi connectivity index (χ0v) is 12.2. The standard InChI is InChI=1S/C12H14BrN3S/c1-3-15-8(2)11-7-17-12(16-11)9-4-10(13)6-14-5-9/h4-8,15H,3H2,1-2H3. The third-order valence-corrected chi connectivity index (χ3v) is 3.77. The highest BCUT2D eigenvalue weighted by atomic mass is 79.9. The number of pyridine rings is 1. The van der Waals surface area contributed by atoms with Crippen LogP contribution in [0.25, 0.3) is 10.6 Å². The van der Waals surface area contributed by atoms with Crippen LogP contribution in [-0.2, 0) is 0 Å². The maximum atomic E-state index is 4.64. The molecule has 5 heteroatoms. The van der Waals surface area contributed by atoms with Crippen LogP contribution >= 0.6 is 27.3 Å². The topological polar surface area (TPSA) is 37.8 Å². The van der Waals surface area contributed by atoms with Crippen LogP contribution in [-0.4, -0.2) is 16.5 Å². The number of nitrogens with one attached hydrogen (secondary N) is 1. The van der Waals surface area contributed by atoms with E-state index in [1.54, 1.807) is 17.5 Å². The van der Waals surface area contributed by atoms with Crippen LogP contribution in [0.2, 0.25) is 0 Å². The highest BCUT2D eigenvalue weighted by Gasteiger charge is 2.10. The van der Waals surface area contributed by atoms with Gasteiger partial charge in [-0.3, -0.25) is 4.98 Å². The molecule has 2 heterocycles. The van der Waals surface area contributed by atoms with Crippen molar-refractivity contribution in [3.63, 3.8) is 0 Å². The Hall–Kier alpha value is -0.780. The van der Waals surface area contributed by atoms with Crippen molar-refractivity contribution in [2.75, 3.05) is 6.54 Å². The van der Waals surface area contributed by atoms with Gasteiger partial charge in [-0.25, -0.2) is 4.98 Å². The van der Waals surface area contributed by atoms with Gasteiger partial charge in [0, 0.05) is 33.9 Å². The summed E-state index contributed by atoms with van der Waals surface area (Å²) in [5, 5.41) is 6.47. The van der Waals surface area contributed by atoms with Crippen LogP contribution in [0, 0.1) is 0 Å². The van der Waals surface area contributed by atoms with Crippen LogP contribution in [0.1, 0.15) is 25.6 Å². The number of hydrogen-bond acceptors (Lipinski definition) is 4. The van der Waals surface area contributed by atoms with Gasteiger partial charge >= 0.3 is 0 Å². The zero-order chi connectivity index (χ0) is 12.3. The summed E-state index contributed by atoms with van der Waals surface area (Å²) in [5.41, 5.74) is 2.14. The SMILES string of the molecule is CCNC(C)c1csc(-c2cncc(Br)c2)n1. The molecule has 0 radical (unpaired) electrons. The second kappa shape index (κ2) is 5.71. The molecule has 1 unspecified atom stereocenters. The lowest BCUT2D eigenvalue weighted by Crippen LogP contribution is -2.17. The average Bonchev–Trinajstić information content (AvgIpc) is 2.78. The normalized spacial score (nSPS) is 12.6. The molecule has 2 aromatic heterocycles. The predicted molar refractivity (Wildman–Crippen MR) is 75.1 cm³/mol. The Morgan fingerprint density at radius 2 is 2.29 bits per heavy atom. The number of aromatic nitrogens is 2. The Bertz CT molecular complexity index is 498. The fourth-order valence-corrected chi connectivity index (χ4v) is 2.82. The third-order valence-electron chi connectivity index (χ3n) is 2.43. The van der Waals surface area contributed by atoms with E-state index < -0.39 is 0 Å². The summed E-state index contributed by atoms with van der Waals surface area (Å²) in [6.45, 7) is 5.18. The minimum atomic E-state index is 0.296. The lowest BCUT2D eigenvalue weighted by Gasteiger charge is -2.08. The van der Waals surface area contributed by atoms with Gasteiger partial charge in [-0.15, -0.1) is 11.3 Å². The molecule has 90 valence electrons. The fraction of sp³-hybridized carbons (Fsp3) is 0.333. The first-order chi connectivity index (χ1) is 8.20. The lowest BCUT2D eigenvalue weighted by molar-refractivity contribution is 0.587. The molecular formula is C12H14BrN3S. The van der Waals surface area contributed by atoms with E-state index in [0.29, 0.717) is 6.04 Å². The third kappa shape index (κ3) is 3.12. The summed E-state index contributed by atoms with van der Waals surface area (Å²) >= 11 is 5.08. The Morgan fingerprint density at radius 3 is 3.00 bits per heavy atom. The lowest BCUT2D eigenvalue weighted by atomic mass is 10.2. The molecule has 0 spiro atoms. The van der Waals surface area contributed by atoms with Gasteiger partial charge in [-0.05, 0) is 35.5 Å². The van der Waals surface area contributed by atoms with E-state index in [-0.39, 0.29) is 0 Å². The number of rotatable bonds is 4. The monoisotopic (exact) mass is 311 g/mol. The smallest absolute Gasteiger partial charge is 0.125 e. The first-order valence-corrected chi connectivity index (χ1v) is 7.17. The summed E-state index contributed by atoms with van der Waals surface area (Å²) in [5.74, 6) is 0. The molecule has 2 rings (SSSR count).